The summed E-state index contributed by atoms with van der Waals surface area (Å²) in [6.07, 6.45) is 2.25. The highest BCUT2D eigenvalue weighted by atomic mass is 32.2. The Bertz CT molecular complexity index is 698. The van der Waals surface area contributed by atoms with Crippen LogP contribution in [0.15, 0.2) is 29.3 Å². The van der Waals surface area contributed by atoms with Gasteiger partial charge >= 0.3 is 0 Å². The Kier molecular flexibility index (Phi) is 4.79. The average molecular weight is 326 g/mol. The number of hydrogen-bond donors (Lipinski definition) is 1. The first-order valence-corrected chi connectivity index (χ1v) is 8.97. The molecule has 0 aliphatic carbocycles. The van der Waals surface area contributed by atoms with Crippen LogP contribution in [0.5, 0.6) is 0 Å². The van der Waals surface area contributed by atoms with Crippen LogP contribution >= 0.6 is 11.5 Å². The topological polar surface area (TPSA) is 89.2 Å². The van der Waals surface area contributed by atoms with Gasteiger partial charge in [-0.1, -0.05) is 13.0 Å². The standard InChI is InChI=1S/C13H18N4O2S2/c1-3-8-21(18,19)11-12(14)16-20-13(11)17(2)9-10-6-4-5-7-15-10/h4-7H,3,8-9H2,1-2H3,(H2,14,16). The molecule has 8 heteroatoms. The predicted octanol–water partition coefficient (Wildman–Crippen LogP) is 1.94. The van der Waals surface area contributed by atoms with Crippen molar-refractivity contribution in [3.8, 4) is 0 Å². The van der Waals surface area contributed by atoms with Crippen molar-refractivity contribution in [2.75, 3.05) is 23.4 Å². The van der Waals surface area contributed by atoms with E-state index in [-0.39, 0.29) is 16.5 Å². The van der Waals surface area contributed by atoms with E-state index in [1.807, 2.05) is 37.1 Å². The minimum absolute atomic E-state index is 0.0695. The van der Waals surface area contributed by atoms with E-state index in [1.165, 1.54) is 0 Å². The van der Waals surface area contributed by atoms with Crippen LogP contribution in [-0.2, 0) is 16.4 Å². The van der Waals surface area contributed by atoms with E-state index in [9.17, 15) is 8.42 Å². The third kappa shape index (κ3) is 3.51. The first-order chi connectivity index (χ1) is 9.95. The summed E-state index contributed by atoms with van der Waals surface area (Å²) in [6, 6.07) is 5.62. The summed E-state index contributed by atoms with van der Waals surface area (Å²) in [6.45, 7) is 2.32. The zero-order chi connectivity index (χ0) is 15.5. The first-order valence-electron chi connectivity index (χ1n) is 6.54. The molecule has 0 amide bonds. The third-order valence-corrected chi connectivity index (χ3v) is 5.99. The normalized spacial score (nSPS) is 11.5. The third-order valence-electron chi connectivity index (χ3n) is 2.91. The molecule has 0 atom stereocenters. The van der Waals surface area contributed by atoms with Crippen LogP contribution in [0.2, 0.25) is 0 Å². The summed E-state index contributed by atoms with van der Waals surface area (Å²) in [4.78, 5) is 6.21. The van der Waals surface area contributed by atoms with E-state index in [4.69, 9.17) is 5.73 Å². The van der Waals surface area contributed by atoms with Crippen molar-refractivity contribution in [1.29, 1.82) is 0 Å². The van der Waals surface area contributed by atoms with Crippen molar-refractivity contribution in [3.05, 3.63) is 30.1 Å². The van der Waals surface area contributed by atoms with Crippen LogP contribution in [0.25, 0.3) is 0 Å². The van der Waals surface area contributed by atoms with Crippen molar-refractivity contribution in [3.63, 3.8) is 0 Å². The summed E-state index contributed by atoms with van der Waals surface area (Å²) >= 11 is 1.10. The molecule has 6 nitrogen and oxygen atoms in total. The molecular formula is C13H18N4O2S2. The fraction of sp³-hybridized carbons (Fsp3) is 0.385. The molecule has 21 heavy (non-hydrogen) atoms. The maximum atomic E-state index is 12.3. The minimum atomic E-state index is -3.40. The van der Waals surface area contributed by atoms with E-state index in [0.717, 1.165) is 17.2 Å². The van der Waals surface area contributed by atoms with Gasteiger partial charge < -0.3 is 10.6 Å². The van der Waals surface area contributed by atoms with Gasteiger partial charge in [0, 0.05) is 13.2 Å². The number of nitrogens with zero attached hydrogens (tertiary/aromatic N) is 3. The van der Waals surface area contributed by atoms with E-state index in [0.29, 0.717) is 18.0 Å². The van der Waals surface area contributed by atoms with Gasteiger partial charge in [0.25, 0.3) is 0 Å². The molecule has 0 unspecified atom stereocenters. The Labute approximate surface area is 128 Å². The summed E-state index contributed by atoms with van der Waals surface area (Å²) in [5.74, 6) is 0.149. The van der Waals surface area contributed by atoms with E-state index < -0.39 is 9.84 Å². The molecule has 0 aliphatic rings. The van der Waals surface area contributed by atoms with Crippen molar-refractivity contribution >= 4 is 32.2 Å². The summed E-state index contributed by atoms with van der Waals surface area (Å²) in [7, 11) is -1.59. The van der Waals surface area contributed by atoms with Crippen LogP contribution in [0.3, 0.4) is 0 Å². The van der Waals surface area contributed by atoms with Gasteiger partial charge in [-0.15, -0.1) is 0 Å². The van der Waals surface area contributed by atoms with Crippen molar-refractivity contribution < 1.29 is 8.42 Å². The van der Waals surface area contributed by atoms with E-state index in [2.05, 4.69) is 9.36 Å². The minimum Gasteiger partial charge on any atom is -0.382 e. The molecule has 0 bridgehead atoms. The highest BCUT2D eigenvalue weighted by Gasteiger charge is 2.26. The number of rotatable bonds is 6. The van der Waals surface area contributed by atoms with Gasteiger partial charge in [-0.25, -0.2) is 8.42 Å². The Balaban J connectivity index is 2.33. The van der Waals surface area contributed by atoms with Crippen molar-refractivity contribution in [2.24, 2.45) is 0 Å². The lowest BCUT2D eigenvalue weighted by Crippen LogP contribution is -2.19. The smallest absolute Gasteiger partial charge is 0.185 e. The zero-order valence-corrected chi connectivity index (χ0v) is 13.6. The Hall–Kier alpha value is -1.67. The molecule has 0 aliphatic heterocycles. The molecule has 0 saturated carbocycles. The molecule has 2 rings (SSSR count). The second-order valence-corrected chi connectivity index (χ2v) is 7.50. The number of nitrogen functional groups attached to an aromatic ring is 1. The molecule has 2 N–H and O–H groups in total. The Morgan fingerprint density at radius 3 is 2.76 bits per heavy atom. The van der Waals surface area contributed by atoms with Crippen molar-refractivity contribution in [1.82, 2.24) is 9.36 Å². The Morgan fingerprint density at radius 1 is 1.38 bits per heavy atom. The van der Waals surface area contributed by atoms with Gasteiger partial charge in [0.15, 0.2) is 15.7 Å². The monoisotopic (exact) mass is 326 g/mol. The lowest BCUT2D eigenvalue weighted by atomic mass is 10.3. The number of aromatic nitrogens is 2. The molecule has 0 fully saturated rings. The summed E-state index contributed by atoms with van der Waals surface area (Å²) in [5.41, 5.74) is 6.62. The van der Waals surface area contributed by atoms with Gasteiger partial charge in [0.05, 0.1) is 18.0 Å². The van der Waals surface area contributed by atoms with Gasteiger partial charge in [-0.05, 0) is 30.1 Å². The van der Waals surface area contributed by atoms with Crippen LogP contribution < -0.4 is 10.6 Å². The van der Waals surface area contributed by atoms with Crippen LogP contribution in [0.1, 0.15) is 19.0 Å². The van der Waals surface area contributed by atoms with Gasteiger partial charge in [0.2, 0.25) is 0 Å². The van der Waals surface area contributed by atoms with Gasteiger partial charge in [-0.3, -0.25) is 4.98 Å². The Morgan fingerprint density at radius 2 is 2.14 bits per heavy atom. The largest absolute Gasteiger partial charge is 0.382 e. The lowest BCUT2D eigenvalue weighted by Gasteiger charge is -2.18. The number of sulfone groups is 1. The second-order valence-electron chi connectivity index (χ2n) is 4.70. The molecular weight excluding hydrogens is 308 g/mol. The number of hydrogen-bond acceptors (Lipinski definition) is 7. The average Bonchev–Trinajstić information content (AvgIpc) is 2.82. The van der Waals surface area contributed by atoms with Crippen LogP contribution in [0, 0.1) is 0 Å². The molecule has 0 saturated heterocycles. The second kappa shape index (κ2) is 6.40. The number of pyridine rings is 1. The quantitative estimate of drug-likeness (QED) is 0.872. The zero-order valence-electron chi connectivity index (χ0n) is 12.0. The van der Waals surface area contributed by atoms with E-state index in [1.54, 1.807) is 6.20 Å². The number of nitrogens with two attached hydrogens (primary N) is 1. The fourth-order valence-electron chi connectivity index (χ4n) is 2.00. The highest BCUT2D eigenvalue weighted by molar-refractivity contribution is 7.91. The van der Waals surface area contributed by atoms with Crippen LogP contribution in [0.4, 0.5) is 10.8 Å². The van der Waals surface area contributed by atoms with Crippen LogP contribution in [-0.4, -0.2) is 30.6 Å². The molecule has 114 valence electrons. The SMILES string of the molecule is CCCS(=O)(=O)c1c(N)nsc1N(C)Cc1ccccn1. The fourth-order valence-corrected chi connectivity index (χ4v) is 4.74. The van der Waals surface area contributed by atoms with Gasteiger partial charge in [-0.2, -0.15) is 4.37 Å². The molecule has 2 aromatic heterocycles. The molecule has 0 radical (unpaired) electrons. The maximum absolute atomic E-state index is 12.3. The van der Waals surface area contributed by atoms with Gasteiger partial charge in [0.1, 0.15) is 9.90 Å². The lowest BCUT2D eigenvalue weighted by molar-refractivity contribution is 0.595. The molecule has 0 aromatic carbocycles. The first kappa shape index (κ1) is 15.7. The van der Waals surface area contributed by atoms with Crippen molar-refractivity contribution in [2.45, 2.75) is 24.8 Å². The summed E-state index contributed by atoms with van der Waals surface area (Å²) in [5, 5.41) is 0.562. The predicted molar refractivity (Wildman–Crippen MR) is 85.2 cm³/mol. The summed E-state index contributed by atoms with van der Waals surface area (Å²) < 4.78 is 28.7. The number of anilines is 2. The molecule has 2 aromatic rings. The highest BCUT2D eigenvalue weighted by Crippen LogP contribution is 2.35. The van der Waals surface area contributed by atoms with E-state index >= 15 is 0 Å². The maximum Gasteiger partial charge on any atom is 0.185 e. The molecule has 2 heterocycles. The molecule has 0 spiro atoms.